The lowest BCUT2D eigenvalue weighted by Gasteiger charge is -2.40. The zero-order valence-corrected chi connectivity index (χ0v) is 15.4. The van der Waals surface area contributed by atoms with Gasteiger partial charge in [0, 0.05) is 38.4 Å². The monoisotopic (exact) mass is 332 g/mol. The van der Waals surface area contributed by atoms with Crippen molar-refractivity contribution < 1.29 is 4.79 Å². The minimum atomic E-state index is -0.0350. The molecule has 2 fully saturated rings. The van der Waals surface area contributed by atoms with Gasteiger partial charge in [0.2, 0.25) is 5.91 Å². The van der Waals surface area contributed by atoms with Gasteiger partial charge in [-0.3, -0.25) is 9.69 Å². The van der Waals surface area contributed by atoms with Crippen LogP contribution in [0.15, 0.2) is 12.5 Å². The second-order valence-corrected chi connectivity index (χ2v) is 7.91. The van der Waals surface area contributed by atoms with E-state index in [0.29, 0.717) is 12.0 Å². The van der Waals surface area contributed by atoms with Crippen LogP contribution in [0.3, 0.4) is 0 Å². The highest BCUT2D eigenvalue weighted by Gasteiger charge is 2.32. The van der Waals surface area contributed by atoms with Crippen molar-refractivity contribution in [2.45, 2.75) is 71.5 Å². The topological polar surface area (TPSA) is 41.4 Å². The number of aromatic nitrogens is 2. The van der Waals surface area contributed by atoms with Crippen molar-refractivity contribution >= 4 is 5.91 Å². The summed E-state index contributed by atoms with van der Waals surface area (Å²) in [6.45, 7) is 9.90. The Morgan fingerprint density at radius 1 is 1.21 bits per heavy atom. The predicted octanol–water partition coefficient (Wildman–Crippen LogP) is 3.08. The summed E-state index contributed by atoms with van der Waals surface area (Å²) in [7, 11) is 0. The molecule has 134 valence electrons. The van der Waals surface area contributed by atoms with E-state index in [0.717, 1.165) is 26.2 Å². The number of rotatable bonds is 5. The summed E-state index contributed by atoms with van der Waals surface area (Å²) in [5, 5.41) is 0. The molecular weight excluding hydrogens is 300 g/mol. The van der Waals surface area contributed by atoms with E-state index in [1.54, 1.807) is 0 Å². The van der Waals surface area contributed by atoms with E-state index in [4.69, 9.17) is 0 Å². The molecule has 0 unspecified atom stereocenters. The summed E-state index contributed by atoms with van der Waals surface area (Å²) in [6.07, 6.45) is 10.5. The van der Waals surface area contributed by atoms with Gasteiger partial charge in [0.25, 0.3) is 0 Å². The molecule has 24 heavy (non-hydrogen) atoms. The molecule has 2 heterocycles. The lowest BCUT2D eigenvalue weighted by atomic mass is 9.95. The van der Waals surface area contributed by atoms with Crippen molar-refractivity contribution in [1.82, 2.24) is 19.4 Å². The second kappa shape index (κ2) is 7.68. The SMILES string of the molecule is CC(C)CN1CCN(Cc2cncn2C2CCCCC2)[C@@H](C)C1=O. The first-order valence-electron chi connectivity index (χ1n) is 9.59. The van der Waals surface area contributed by atoms with E-state index in [9.17, 15) is 4.79 Å². The number of carbonyl (C=O) groups excluding carboxylic acids is 1. The molecule has 3 rings (SSSR count). The van der Waals surface area contributed by atoms with Gasteiger partial charge >= 0.3 is 0 Å². The standard InChI is InChI=1S/C19H32N4O/c1-15(2)12-22-10-9-21(16(3)19(22)24)13-18-11-20-14-23(18)17-7-5-4-6-8-17/h11,14-17H,4-10,12-13H2,1-3H3/t16-/m0/s1. The Bertz CT molecular complexity index is 547. The van der Waals surface area contributed by atoms with Crippen molar-refractivity contribution in [2.75, 3.05) is 19.6 Å². The van der Waals surface area contributed by atoms with Crippen molar-refractivity contribution in [3.05, 3.63) is 18.2 Å². The van der Waals surface area contributed by atoms with Crippen molar-refractivity contribution in [3.8, 4) is 0 Å². The van der Waals surface area contributed by atoms with Gasteiger partial charge in [-0.05, 0) is 25.7 Å². The maximum absolute atomic E-state index is 12.6. The van der Waals surface area contributed by atoms with Gasteiger partial charge in [-0.15, -0.1) is 0 Å². The Morgan fingerprint density at radius 3 is 2.67 bits per heavy atom. The van der Waals surface area contributed by atoms with Gasteiger partial charge < -0.3 is 9.47 Å². The molecule has 0 radical (unpaired) electrons. The van der Waals surface area contributed by atoms with Crippen LogP contribution in [0.4, 0.5) is 0 Å². The average Bonchev–Trinajstić information content (AvgIpc) is 3.03. The molecule has 0 aromatic carbocycles. The number of amides is 1. The quantitative estimate of drug-likeness (QED) is 0.832. The molecule has 2 aliphatic rings. The molecular formula is C19H32N4O. The number of piperazine rings is 1. The fourth-order valence-electron chi connectivity index (χ4n) is 4.16. The Kier molecular flexibility index (Phi) is 5.59. The van der Waals surface area contributed by atoms with Crippen LogP contribution in [-0.4, -0.2) is 50.9 Å². The molecule has 0 spiro atoms. The first kappa shape index (κ1) is 17.5. The highest BCUT2D eigenvalue weighted by Crippen LogP contribution is 2.29. The average molecular weight is 332 g/mol. The third-order valence-electron chi connectivity index (χ3n) is 5.54. The molecule has 1 atom stereocenters. The normalized spacial score (nSPS) is 24.1. The molecule has 1 amide bonds. The van der Waals surface area contributed by atoms with Crippen molar-refractivity contribution in [1.29, 1.82) is 0 Å². The zero-order chi connectivity index (χ0) is 17.1. The van der Waals surface area contributed by atoms with Gasteiger partial charge in [-0.25, -0.2) is 4.98 Å². The molecule has 1 aromatic heterocycles. The summed E-state index contributed by atoms with van der Waals surface area (Å²) in [6, 6.07) is 0.566. The maximum atomic E-state index is 12.6. The minimum absolute atomic E-state index is 0.0350. The number of hydrogen-bond donors (Lipinski definition) is 0. The van der Waals surface area contributed by atoms with Crippen LogP contribution in [0.25, 0.3) is 0 Å². The van der Waals surface area contributed by atoms with Gasteiger partial charge in [0.05, 0.1) is 18.1 Å². The molecule has 0 N–H and O–H groups in total. The maximum Gasteiger partial charge on any atom is 0.239 e. The van der Waals surface area contributed by atoms with Gasteiger partial charge in [0.15, 0.2) is 0 Å². The van der Waals surface area contributed by atoms with E-state index in [1.807, 2.05) is 17.4 Å². The number of imidazole rings is 1. The largest absolute Gasteiger partial charge is 0.340 e. The van der Waals surface area contributed by atoms with E-state index < -0.39 is 0 Å². The summed E-state index contributed by atoms with van der Waals surface area (Å²) in [5.74, 6) is 0.805. The van der Waals surface area contributed by atoms with Crippen LogP contribution >= 0.6 is 0 Å². The molecule has 0 bridgehead atoms. The minimum Gasteiger partial charge on any atom is -0.340 e. The van der Waals surface area contributed by atoms with Gasteiger partial charge in [-0.1, -0.05) is 33.1 Å². The fourth-order valence-corrected chi connectivity index (χ4v) is 4.16. The zero-order valence-electron chi connectivity index (χ0n) is 15.4. The molecule has 5 nitrogen and oxygen atoms in total. The second-order valence-electron chi connectivity index (χ2n) is 7.91. The predicted molar refractivity (Wildman–Crippen MR) is 95.6 cm³/mol. The number of nitrogens with zero attached hydrogens (tertiary/aromatic N) is 4. The van der Waals surface area contributed by atoms with E-state index in [2.05, 4.69) is 35.2 Å². The lowest BCUT2D eigenvalue weighted by molar-refractivity contribution is -0.142. The highest BCUT2D eigenvalue weighted by atomic mass is 16.2. The summed E-state index contributed by atoms with van der Waals surface area (Å²) >= 11 is 0. The first-order valence-corrected chi connectivity index (χ1v) is 9.59. The van der Waals surface area contributed by atoms with Crippen LogP contribution in [0.2, 0.25) is 0 Å². The Labute approximate surface area is 146 Å². The van der Waals surface area contributed by atoms with Crippen LogP contribution in [0.1, 0.15) is 64.6 Å². The molecule has 1 saturated carbocycles. The Hall–Kier alpha value is -1.36. The first-order chi connectivity index (χ1) is 11.6. The van der Waals surface area contributed by atoms with E-state index in [-0.39, 0.29) is 11.9 Å². The molecule has 1 aliphatic carbocycles. The third kappa shape index (κ3) is 3.82. The molecule has 1 saturated heterocycles. The third-order valence-corrected chi connectivity index (χ3v) is 5.54. The molecule has 5 heteroatoms. The van der Waals surface area contributed by atoms with Crippen LogP contribution in [-0.2, 0) is 11.3 Å². The van der Waals surface area contributed by atoms with Crippen molar-refractivity contribution in [3.63, 3.8) is 0 Å². The van der Waals surface area contributed by atoms with Crippen molar-refractivity contribution in [2.24, 2.45) is 5.92 Å². The van der Waals surface area contributed by atoms with Crippen LogP contribution < -0.4 is 0 Å². The Balaban J connectivity index is 1.65. The summed E-state index contributed by atoms with van der Waals surface area (Å²) in [5.41, 5.74) is 1.26. The van der Waals surface area contributed by atoms with E-state index >= 15 is 0 Å². The number of hydrogen-bond acceptors (Lipinski definition) is 3. The Morgan fingerprint density at radius 2 is 1.96 bits per heavy atom. The molecule has 1 aromatic rings. The fraction of sp³-hybridized carbons (Fsp3) is 0.789. The van der Waals surface area contributed by atoms with E-state index in [1.165, 1.54) is 37.8 Å². The molecule has 1 aliphatic heterocycles. The van der Waals surface area contributed by atoms with Gasteiger partial charge in [-0.2, -0.15) is 0 Å². The van der Waals surface area contributed by atoms with Crippen LogP contribution in [0, 0.1) is 5.92 Å². The lowest BCUT2D eigenvalue weighted by Crippen LogP contribution is -2.56. The summed E-state index contributed by atoms with van der Waals surface area (Å²) in [4.78, 5) is 21.4. The van der Waals surface area contributed by atoms with Gasteiger partial charge in [0.1, 0.15) is 0 Å². The summed E-state index contributed by atoms with van der Waals surface area (Å²) < 4.78 is 2.37. The van der Waals surface area contributed by atoms with Crippen LogP contribution in [0.5, 0.6) is 0 Å². The highest BCUT2D eigenvalue weighted by molar-refractivity contribution is 5.82. The number of carbonyl (C=O) groups is 1. The smallest absolute Gasteiger partial charge is 0.239 e.